The van der Waals surface area contributed by atoms with Gasteiger partial charge in [0.25, 0.3) is 0 Å². The molecule has 0 aromatic heterocycles. The molecule has 0 bridgehead atoms. The Morgan fingerprint density at radius 1 is 1.38 bits per heavy atom. The third-order valence-electron chi connectivity index (χ3n) is 4.94. The van der Waals surface area contributed by atoms with E-state index in [1.54, 1.807) is 7.11 Å². The van der Waals surface area contributed by atoms with Crippen molar-refractivity contribution >= 4 is 11.9 Å². The van der Waals surface area contributed by atoms with Gasteiger partial charge in [0.1, 0.15) is 0 Å². The molecule has 0 aromatic rings. The Balaban J connectivity index is 1.61. The third-order valence-corrected chi connectivity index (χ3v) is 4.94. The number of carbonyl (C=O) groups is 2. The number of methoxy groups -OCH3 is 1. The standard InChI is InChI=1S/C15H25N3O3/c1-21-10-9-17-8-6-15(13(17)19)5-2-7-18(11-15)14(20)16-12-3-4-12/h12H,2-11H2,1H3,(H,16,20)/t15-/m1/s1. The minimum absolute atomic E-state index is 0.0136. The highest BCUT2D eigenvalue weighted by Gasteiger charge is 2.49. The van der Waals surface area contributed by atoms with Gasteiger partial charge in [-0.3, -0.25) is 4.79 Å². The van der Waals surface area contributed by atoms with Crippen molar-refractivity contribution in [2.45, 2.75) is 38.1 Å². The molecule has 6 nitrogen and oxygen atoms in total. The zero-order valence-corrected chi connectivity index (χ0v) is 12.8. The first-order valence-electron chi connectivity index (χ1n) is 7.98. The number of amides is 3. The van der Waals surface area contributed by atoms with Crippen LogP contribution in [0.15, 0.2) is 0 Å². The normalized spacial score (nSPS) is 29.3. The summed E-state index contributed by atoms with van der Waals surface area (Å²) in [5, 5.41) is 3.03. The number of likely N-dealkylation sites (tertiary alicyclic amines) is 2. The molecule has 1 spiro atoms. The van der Waals surface area contributed by atoms with E-state index in [0.29, 0.717) is 25.7 Å². The number of hydrogen-bond acceptors (Lipinski definition) is 3. The Kier molecular flexibility index (Phi) is 4.06. The summed E-state index contributed by atoms with van der Waals surface area (Å²) >= 11 is 0. The summed E-state index contributed by atoms with van der Waals surface area (Å²) < 4.78 is 5.07. The highest BCUT2D eigenvalue weighted by molar-refractivity contribution is 5.86. The fourth-order valence-electron chi connectivity index (χ4n) is 3.49. The molecule has 2 saturated heterocycles. The molecule has 1 atom stereocenters. The predicted octanol–water partition coefficient (Wildman–Crippen LogP) is 0.819. The highest BCUT2D eigenvalue weighted by atomic mass is 16.5. The first kappa shape index (κ1) is 14.6. The highest BCUT2D eigenvalue weighted by Crippen LogP contribution is 2.40. The van der Waals surface area contributed by atoms with Crippen LogP contribution in [0.1, 0.15) is 32.1 Å². The monoisotopic (exact) mass is 295 g/mol. The molecule has 1 saturated carbocycles. The quantitative estimate of drug-likeness (QED) is 0.835. The predicted molar refractivity (Wildman–Crippen MR) is 77.9 cm³/mol. The lowest BCUT2D eigenvalue weighted by atomic mass is 9.78. The minimum Gasteiger partial charge on any atom is -0.383 e. The number of urea groups is 1. The lowest BCUT2D eigenvalue weighted by Crippen LogP contribution is -2.53. The van der Waals surface area contributed by atoms with Crippen LogP contribution in [0.2, 0.25) is 0 Å². The molecule has 2 aliphatic heterocycles. The van der Waals surface area contributed by atoms with Crippen molar-refractivity contribution in [2.75, 3.05) is 39.9 Å². The molecule has 0 aromatic carbocycles. The number of carbonyl (C=O) groups excluding carboxylic acids is 2. The van der Waals surface area contributed by atoms with Crippen LogP contribution in [0.4, 0.5) is 4.79 Å². The first-order valence-corrected chi connectivity index (χ1v) is 7.98. The maximum Gasteiger partial charge on any atom is 0.317 e. The summed E-state index contributed by atoms with van der Waals surface area (Å²) in [7, 11) is 1.65. The largest absolute Gasteiger partial charge is 0.383 e. The van der Waals surface area contributed by atoms with Crippen LogP contribution < -0.4 is 5.32 Å². The van der Waals surface area contributed by atoms with E-state index in [4.69, 9.17) is 4.74 Å². The number of nitrogens with zero attached hydrogens (tertiary/aromatic N) is 2. The van der Waals surface area contributed by atoms with Crippen LogP contribution >= 0.6 is 0 Å². The molecule has 3 amide bonds. The summed E-state index contributed by atoms with van der Waals surface area (Å²) in [6, 6.07) is 0.382. The van der Waals surface area contributed by atoms with Gasteiger partial charge < -0.3 is 19.9 Å². The Morgan fingerprint density at radius 2 is 2.19 bits per heavy atom. The summed E-state index contributed by atoms with van der Waals surface area (Å²) in [5.41, 5.74) is -0.340. The summed E-state index contributed by atoms with van der Waals surface area (Å²) in [4.78, 5) is 28.7. The Morgan fingerprint density at radius 3 is 2.90 bits per heavy atom. The second kappa shape index (κ2) is 5.83. The second-order valence-electron chi connectivity index (χ2n) is 6.56. The third kappa shape index (κ3) is 3.00. The van der Waals surface area contributed by atoms with E-state index in [2.05, 4.69) is 5.32 Å². The lowest BCUT2D eigenvalue weighted by molar-refractivity contribution is -0.138. The Bertz CT molecular complexity index is 424. The maximum absolute atomic E-state index is 12.7. The smallest absolute Gasteiger partial charge is 0.317 e. The van der Waals surface area contributed by atoms with Gasteiger partial charge in [-0.2, -0.15) is 0 Å². The maximum atomic E-state index is 12.7. The van der Waals surface area contributed by atoms with E-state index in [1.165, 1.54) is 0 Å². The molecule has 6 heteroatoms. The van der Waals surface area contributed by atoms with Gasteiger partial charge in [0, 0.05) is 39.3 Å². The van der Waals surface area contributed by atoms with Gasteiger partial charge in [-0.15, -0.1) is 0 Å². The van der Waals surface area contributed by atoms with Crippen molar-refractivity contribution in [2.24, 2.45) is 5.41 Å². The Labute approximate surface area is 125 Å². The van der Waals surface area contributed by atoms with E-state index in [-0.39, 0.29) is 17.4 Å². The van der Waals surface area contributed by atoms with Crippen LogP contribution in [0, 0.1) is 5.41 Å². The van der Waals surface area contributed by atoms with Crippen LogP contribution in [0.5, 0.6) is 0 Å². The molecular weight excluding hydrogens is 270 g/mol. The molecule has 3 aliphatic rings. The lowest BCUT2D eigenvalue weighted by Gasteiger charge is -2.39. The molecule has 2 heterocycles. The summed E-state index contributed by atoms with van der Waals surface area (Å²) in [6.45, 7) is 3.37. The molecule has 1 N–H and O–H groups in total. The molecule has 0 unspecified atom stereocenters. The molecule has 0 radical (unpaired) electrons. The number of hydrogen-bond donors (Lipinski definition) is 1. The van der Waals surface area contributed by atoms with Gasteiger partial charge in [-0.1, -0.05) is 0 Å². The topological polar surface area (TPSA) is 61.9 Å². The fraction of sp³-hybridized carbons (Fsp3) is 0.867. The number of nitrogens with one attached hydrogen (secondary N) is 1. The van der Waals surface area contributed by atoms with Crippen molar-refractivity contribution in [3.8, 4) is 0 Å². The average Bonchev–Trinajstić information content (AvgIpc) is 3.26. The van der Waals surface area contributed by atoms with Crippen molar-refractivity contribution in [3.63, 3.8) is 0 Å². The van der Waals surface area contributed by atoms with Gasteiger partial charge in [-0.05, 0) is 32.1 Å². The van der Waals surface area contributed by atoms with Crippen LogP contribution in [-0.2, 0) is 9.53 Å². The van der Waals surface area contributed by atoms with Crippen molar-refractivity contribution in [1.29, 1.82) is 0 Å². The van der Waals surface area contributed by atoms with Crippen LogP contribution in [0.25, 0.3) is 0 Å². The SMILES string of the molecule is COCCN1CC[C@@]2(CCCN(C(=O)NC3CC3)C2)C1=O. The average molecular weight is 295 g/mol. The van der Waals surface area contributed by atoms with E-state index < -0.39 is 0 Å². The van der Waals surface area contributed by atoms with Gasteiger partial charge in [0.2, 0.25) is 5.91 Å². The molecule has 3 fully saturated rings. The van der Waals surface area contributed by atoms with Crippen LogP contribution in [0.3, 0.4) is 0 Å². The van der Waals surface area contributed by atoms with Gasteiger partial charge in [0.15, 0.2) is 0 Å². The second-order valence-corrected chi connectivity index (χ2v) is 6.56. The summed E-state index contributed by atoms with van der Waals surface area (Å²) in [5.74, 6) is 0.212. The van der Waals surface area contributed by atoms with E-state index >= 15 is 0 Å². The van der Waals surface area contributed by atoms with Crippen molar-refractivity contribution in [3.05, 3.63) is 0 Å². The Hall–Kier alpha value is -1.30. The fourth-order valence-corrected chi connectivity index (χ4v) is 3.49. The zero-order chi connectivity index (χ0) is 14.9. The van der Waals surface area contributed by atoms with Crippen LogP contribution in [-0.4, -0.2) is 67.7 Å². The zero-order valence-electron chi connectivity index (χ0n) is 12.8. The molecule has 118 valence electrons. The molecule has 3 rings (SSSR count). The van der Waals surface area contributed by atoms with Gasteiger partial charge in [-0.25, -0.2) is 4.79 Å². The van der Waals surface area contributed by atoms with E-state index in [9.17, 15) is 9.59 Å². The summed E-state index contributed by atoms with van der Waals surface area (Å²) in [6.07, 6.45) is 4.87. The first-order chi connectivity index (χ1) is 10.1. The number of ether oxygens (including phenoxy) is 1. The van der Waals surface area contributed by atoms with Crippen molar-refractivity contribution in [1.82, 2.24) is 15.1 Å². The molecule has 1 aliphatic carbocycles. The molecule has 21 heavy (non-hydrogen) atoms. The van der Waals surface area contributed by atoms with Gasteiger partial charge >= 0.3 is 6.03 Å². The van der Waals surface area contributed by atoms with Crippen molar-refractivity contribution < 1.29 is 14.3 Å². The molecular formula is C15H25N3O3. The van der Waals surface area contributed by atoms with Gasteiger partial charge in [0.05, 0.1) is 12.0 Å². The number of rotatable bonds is 4. The van der Waals surface area contributed by atoms with E-state index in [1.807, 2.05) is 9.80 Å². The van der Waals surface area contributed by atoms with E-state index in [0.717, 1.165) is 45.2 Å². The minimum atomic E-state index is -0.340. The number of piperidine rings is 1.